The summed E-state index contributed by atoms with van der Waals surface area (Å²) in [4.78, 5) is 24.9. The van der Waals surface area contributed by atoms with Crippen LogP contribution < -0.4 is 15.4 Å². The monoisotopic (exact) mass is 406 g/mol. The molecule has 0 bridgehead atoms. The third kappa shape index (κ3) is 7.15. The number of carbonyl (C=O) groups excluding carboxylic acids is 2. The van der Waals surface area contributed by atoms with Gasteiger partial charge in [-0.05, 0) is 61.2 Å². The molecule has 7 heteroatoms. The summed E-state index contributed by atoms with van der Waals surface area (Å²) < 4.78 is 5.44. The van der Waals surface area contributed by atoms with Crippen LogP contribution >= 0.6 is 23.4 Å². The average Bonchev–Trinajstić information content (AvgIpc) is 2.66. The van der Waals surface area contributed by atoms with Gasteiger partial charge in [-0.1, -0.05) is 29.8 Å². The number of hydrogen-bond acceptors (Lipinski definition) is 4. The highest BCUT2D eigenvalue weighted by atomic mass is 35.5. The maximum atomic E-state index is 12.7. The maximum Gasteiger partial charge on any atom is 0.258 e. The molecule has 144 valence electrons. The number of para-hydroxylation sites is 1. The van der Waals surface area contributed by atoms with Crippen LogP contribution in [0.15, 0.2) is 48.5 Å². The molecule has 2 rings (SSSR count). The van der Waals surface area contributed by atoms with Gasteiger partial charge in [0.05, 0.1) is 0 Å². The number of hydrogen-bond donors (Lipinski definition) is 2. The van der Waals surface area contributed by atoms with Crippen molar-refractivity contribution < 1.29 is 14.3 Å². The fourth-order valence-electron chi connectivity index (χ4n) is 2.39. The van der Waals surface area contributed by atoms with Crippen LogP contribution in [0.3, 0.4) is 0 Å². The van der Waals surface area contributed by atoms with Gasteiger partial charge in [0.1, 0.15) is 11.8 Å². The summed E-state index contributed by atoms with van der Waals surface area (Å²) >= 11 is 7.57. The molecule has 2 amide bonds. The molecule has 5 nitrogen and oxygen atoms in total. The number of thioether (sulfide) groups is 1. The minimum atomic E-state index is -0.639. The molecular weight excluding hydrogens is 384 g/mol. The molecule has 2 aromatic carbocycles. The first-order chi connectivity index (χ1) is 13.0. The van der Waals surface area contributed by atoms with Crippen LogP contribution in [0.2, 0.25) is 5.02 Å². The van der Waals surface area contributed by atoms with E-state index in [0.717, 1.165) is 11.3 Å². The fraction of sp³-hybridized carbons (Fsp3) is 0.300. The van der Waals surface area contributed by atoms with E-state index in [1.807, 2.05) is 31.4 Å². The number of carbonyl (C=O) groups is 2. The number of anilines is 1. The smallest absolute Gasteiger partial charge is 0.258 e. The zero-order chi connectivity index (χ0) is 19.6. The zero-order valence-corrected chi connectivity index (χ0v) is 16.9. The third-order valence-electron chi connectivity index (χ3n) is 3.82. The zero-order valence-electron chi connectivity index (χ0n) is 15.3. The van der Waals surface area contributed by atoms with Gasteiger partial charge >= 0.3 is 0 Å². The number of rotatable bonds is 9. The van der Waals surface area contributed by atoms with Gasteiger partial charge in [-0.3, -0.25) is 9.59 Å². The first kappa shape index (κ1) is 21.1. The predicted octanol–water partition coefficient (Wildman–Crippen LogP) is 3.90. The molecule has 0 fully saturated rings. The van der Waals surface area contributed by atoms with E-state index >= 15 is 0 Å². The Kier molecular flexibility index (Phi) is 8.48. The molecular formula is C20H23ClN2O3S. The van der Waals surface area contributed by atoms with Gasteiger partial charge in [0.25, 0.3) is 5.91 Å². The summed E-state index contributed by atoms with van der Waals surface area (Å²) in [6.45, 7) is 1.72. The highest BCUT2D eigenvalue weighted by Crippen LogP contribution is 2.20. The molecule has 0 aromatic heterocycles. The van der Waals surface area contributed by atoms with E-state index < -0.39 is 6.04 Å². The van der Waals surface area contributed by atoms with Crippen LogP contribution in [0, 0.1) is 6.92 Å². The SMILES string of the molecule is CSCCC(NC(=O)COc1ccccc1)C(=O)Nc1ccc(Cl)cc1C. The molecule has 0 heterocycles. The number of aryl methyl sites for hydroxylation is 1. The fourth-order valence-corrected chi connectivity index (χ4v) is 3.09. The minimum Gasteiger partial charge on any atom is -0.484 e. The van der Waals surface area contributed by atoms with Gasteiger partial charge < -0.3 is 15.4 Å². The lowest BCUT2D eigenvalue weighted by atomic mass is 10.1. The number of benzene rings is 2. The van der Waals surface area contributed by atoms with E-state index in [1.165, 1.54) is 0 Å². The van der Waals surface area contributed by atoms with Crippen LogP contribution in [0.5, 0.6) is 5.75 Å². The number of halogens is 1. The first-order valence-corrected chi connectivity index (χ1v) is 10.3. The Bertz CT molecular complexity index is 771. The van der Waals surface area contributed by atoms with Crippen molar-refractivity contribution >= 4 is 40.9 Å². The van der Waals surface area contributed by atoms with Crippen molar-refractivity contribution in [2.45, 2.75) is 19.4 Å². The molecule has 0 saturated carbocycles. The molecule has 2 aromatic rings. The molecule has 0 spiro atoms. The van der Waals surface area contributed by atoms with Crippen molar-refractivity contribution in [3.63, 3.8) is 0 Å². The largest absolute Gasteiger partial charge is 0.484 e. The molecule has 27 heavy (non-hydrogen) atoms. The summed E-state index contributed by atoms with van der Waals surface area (Å²) in [5.41, 5.74) is 1.53. The Morgan fingerprint density at radius 1 is 1.19 bits per heavy atom. The number of amides is 2. The van der Waals surface area contributed by atoms with Gasteiger partial charge in [-0.2, -0.15) is 11.8 Å². The Hall–Kier alpha value is -2.18. The highest BCUT2D eigenvalue weighted by Gasteiger charge is 2.21. The highest BCUT2D eigenvalue weighted by molar-refractivity contribution is 7.98. The second kappa shape index (κ2) is 10.8. The molecule has 0 saturated heterocycles. The van der Waals surface area contributed by atoms with E-state index in [9.17, 15) is 9.59 Å². The third-order valence-corrected chi connectivity index (χ3v) is 4.70. The van der Waals surface area contributed by atoms with Gasteiger partial charge in [-0.15, -0.1) is 0 Å². The number of ether oxygens (including phenoxy) is 1. The van der Waals surface area contributed by atoms with E-state index in [4.69, 9.17) is 16.3 Å². The topological polar surface area (TPSA) is 67.4 Å². The van der Waals surface area contributed by atoms with Crippen LogP contribution in [0.4, 0.5) is 5.69 Å². The molecule has 0 radical (unpaired) electrons. The van der Waals surface area contributed by atoms with Gasteiger partial charge in [0, 0.05) is 10.7 Å². The van der Waals surface area contributed by atoms with E-state index in [1.54, 1.807) is 42.1 Å². The standard InChI is InChI=1S/C20H23ClN2O3S/c1-14-12-15(21)8-9-17(14)23-20(25)18(10-11-27-2)22-19(24)13-26-16-6-4-3-5-7-16/h3-9,12,18H,10-11,13H2,1-2H3,(H,22,24)(H,23,25). The number of nitrogens with one attached hydrogen (secondary N) is 2. The average molecular weight is 407 g/mol. The van der Waals surface area contributed by atoms with Crippen LogP contribution in [0.1, 0.15) is 12.0 Å². The summed E-state index contributed by atoms with van der Waals surface area (Å²) in [7, 11) is 0. The van der Waals surface area contributed by atoms with Crippen LogP contribution in [0.25, 0.3) is 0 Å². The Labute approximate surface area is 168 Å². The van der Waals surface area contributed by atoms with Crippen molar-refractivity contribution in [3.05, 3.63) is 59.1 Å². The quantitative estimate of drug-likeness (QED) is 0.662. The Balaban J connectivity index is 1.96. The summed E-state index contributed by atoms with van der Waals surface area (Å²) in [6.07, 6.45) is 2.48. The van der Waals surface area contributed by atoms with Gasteiger partial charge in [0.2, 0.25) is 5.91 Å². The molecule has 0 aliphatic carbocycles. The van der Waals surface area contributed by atoms with Crippen molar-refractivity contribution in [1.29, 1.82) is 0 Å². The van der Waals surface area contributed by atoms with E-state index in [2.05, 4.69) is 10.6 Å². The Morgan fingerprint density at radius 3 is 2.59 bits per heavy atom. The molecule has 1 unspecified atom stereocenters. The summed E-state index contributed by atoms with van der Waals surface area (Å²) in [5.74, 6) is 0.752. The second-order valence-electron chi connectivity index (χ2n) is 5.95. The lowest BCUT2D eigenvalue weighted by molar-refractivity contribution is -0.127. The normalized spacial score (nSPS) is 11.5. The minimum absolute atomic E-state index is 0.146. The maximum absolute atomic E-state index is 12.7. The lowest BCUT2D eigenvalue weighted by Gasteiger charge is -2.19. The second-order valence-corrected chi connectivity index (χ2v) is 7.37. The Morgan fingerprint density at radius 2 is 1.93 bits per heavy atom. The van der Waals surface area contributed by atoms with Crippen molar-refractivity contribution in [3.8, 4) is 5.75 Å². The molecule has 2 N–H and O–H groups in total. The van der Waals surface area contributed by atoms with Gasteiger partial charge in [0.15, 0.2) is 6.61 Å². The summed E-state index contributed by atoms with van der Waals surface area (Å²) in [6, 6.07) is 13.7. The van der Waals surface area contributed by atoms with Crippen LogP contribution in [-0.4, -0.2) is 36.5 Å². The van der Waals surface area contributed by atoms with Crippen molar-refractivity contribution in [1.82, 2.24) is 5.32 Å². The molecule has 1 atom stereocenters. The van der Waals surface area contributed by atoms with Crippen molar-refractivity contribution in [2.24, 2.45) is 0 Å². The lowest BCUT2D eigenvalue weighted by Crippen LogP contribution is -2.46. The molecule has 0 aliphatic heterocycles. The first-order valence-electron chi connectivity index (χ1n) is 8.52. The predicted molar refractivity (Wildman–Crippen MR) is 112 cm³/mol. The van der Waals surface area contributed by atoms with Crippen molar-refractivity contribution in [2.75, 3.05) is 23.9 Å². The molecule has 0 aliphatic rings. The summed E-state index contributed by atoms with van der Waals surface area (Å²) in [5, 5.41) is 6.23. The van der Waals surface area contributed by atoms with Gasteiger partial charge in [-0.25, -0.2) is 0 Å². The van der Waals surface area contributed by atoms with Crippen LogP contribution in [-0.2, 0) is 9.59 Å². The van der Waals surface area contributed by atoms with E-state index in [0.29, 0.717) is 22.9 Å². The van der Waals surface area contributed by atoms with E-state index in [-0.39, 0.29) is 18.4 Å².